The van der Waals surface area contributed by atoms with E-state index in [1.54, 1.807) is 46.2 Å². The standard InChI is InChI=1S/C29H29F4N3O3/c1-20-10-11-35(17-20)28(38)19-36(24-6-5-9-26(15-24)39-25-7-3-2-4-8-25)18-27(37)34-16-21-12-22(29(31,32)33)14-23(30)13-21/h2-9,12-15,20H,10-11,16-19H2,1H3,(H,34,37). The first kappa shape index (κ1) is 27.9. The quantitative estimate of drug-likeness (QED) is 0.356. The van der Waals surface area contributed by atoms with Crippen LogP contribution in [0.2, 0.25) is 0 Å². The van der Waals surface area contributed by atoms with Crippen LogP contribution in [0, 0.1) is 11.7 Å². The third-order valence-corrected chi connectivity index (χ3v) is 6.37. The van der Waals surface area contributed by atoms with Crippen LogP contribution >= 0.6 is 0 Å². The molecule has 1 fully saturated rings. The first-order valence-corrected chi connectivity index (χ1v) is 12.6. The molecular formula is C29H29F4N3O3. The fraction of sp³-hybridized carbons (Fsp3) is 0.310. The second-order valence-corrected chi connectivity index (χ2v) is 9.62. The molecule has 3 aromatic carbocycles. The van der Waals surface area contributed by atoms with E-state index in [0.29, 0.717) is 42.3 Å². The van der Waals surface area contributed by atoms with Gasteiger partial charge in [-0.25, -0.2) is 4.39 Å². The minimum absolute atomic E-state index is 0.0254. The third kappa shape index (κ3) is 7.95. The lowest BCUT2D eigenvalue weighted by molar-refractivity contribution is -0.137. The zero-order valence-electron chi connectivity index (χ0n) is 21.4. The average Bonchev–Trinajstić information content (AvgIpc) is 3.33. The molecule has 39 heavy (non-hydrogen) atoms. The lowest BCUT2D eigenvalue weighted by atomic mass is 10.1. The molecule has 1 saturated heterocycles. The molecule has 0 aromatic heterocycles. The van der Waals surface area contributed by atoms with Crippen LogP contribution in [-0.4, -0.2) is 42.9 Å². The molecule has 0 spiro atoms. The lowest BCUT2D eigenvalue weighted by Crippen LogP contribution is -2.44. The molecular weight excluding hydrogens is 514 g/mol. The summed E-state index contributed by atoms with van der Waals surface area (Å²) < 4.78 is 58.8. The molecule has 1 N–H and O–H groups in total. The summed E-state index contributed by atoms with van der Waals surface area (Å²) in [4.78, 5) is 29.3. The number of nitrogens with one attached hydrogen (secondary N) is 1. The van der Waals surface area contributed by atoms with Gasteiger partial charge in [0.25, 0.3) is 0 Å². The summed E-state index contributed by atoms with van der Waals surface area (Å²) in [5, 5.41) is 2.54. The van der Waals surface area contributed by atoms with Crippen LogP contribution in [0.3, 0.4) is 0 Å². The molecule has 1 atom stereocenters. The Labute approximate surface area is 224 Å². The monoisotopic (exact) mass is 543 g/mol. The van der Waals surface area contributed by atoms with Crippen molar-refractivity contribution in [3.8, 4) is 11.5 Å². The van der Waals surface area contributed by atoms with Crippen molar-refractivity contribution >= 4 is 17.5 Å². The van der Waals surface area contributed by atoms with E-state index in [4.69, 9.17) is 4.74 Å². The largest absolute Gasteiger partial charge is 0.457 e. The van der Waals surface area contributed by atoms with E-state index in [1.807, 2.05) is 18.2 Å². The van der Waals surface area contributed by atoms with Gasteiger partial charge < -0.3 is 19.9 Å². The van der Waals surface area contributed by atoms with Crippen molar-refractivity contribution in [3.05, 3.63) is 89.7 Å². The van der Waals surface area contributed by atoms with Gasteiger partial charge in [-0.3, -0.25) is 9.59 Å². The molecule has 6 nitrogen and oxygen atoms in total. The molecule has 1 unspecified atom stereocenters. The van der Waals surface area contributed by atoms with E-state index in [9.17, 15) is 27.2 Å². The van der Waals surface area contributed by atoms with E-state index < -0.39 is 23.5 Å². The number of benzene rings is 3. The summed E-state index contributed by atoms with van der Waals surface area (Å²) in [6, 6.07) is 18.2. The van der Waals surface area contributed by atoms with Crippen molar-refractivity contribution < 1.29 is 31.9 Å². The number of anilines is 1. The summed E-state index contributed by atoms with van der Waals surface area (Å²) in [6.07, 6.45) is -3.81. The molecule has 1 aliphatic heterocycles. The van der Waals surface area contributed by atoms with Crippen molar-refractivity contribution in [1.29, 1.82) is 0 Å². The maximum absolute atomic E-state index is 13.8. The summed E-state index contributed by atoms with van der Waals surface area (Å²) in [5.74, 6) is -0.205. The Morgan fingerprint density at radius 3 is 2.44 bits per heavy atom. The number of hydrogen-bond acceptors (Lipinski definition) is 4. The highest BCUT2D eigenvalue weighted by atomic mass is 19.4. The van der Waals surface area contributed by atoms with Crippen LogP contribution in [0.25, 0.3) is 0 Å². The smallest absolute Gasteiger partial charge is 0.416 e. The second-order valence-electron chi connectivity index (χ2n) is 9.62. The van der Waals surface area contributed by atoms with Crippen molar-refractivity contribution in [2.24, 2.45) is 5.92 Å². The molecule has 0 aliphatic carbocycles. The number of ether oxygens (including phenoxy) is 1. The number of para-hydroxylation sites is 1. The summed E-state index contributed by atoms with van der Waals surface area (Å²) in [6.45, 7) is 2.72. The van der Waals surface area contributed by atoms with E-state index >= 15 is 0 Å². The normalized spacial score (nSPS) is 15.2. The number of halogens is 4. The number of likely N-dealkylation sites (tertiary alicyclic amines) is 1. The van der Waals surface area contributed by atoms with Gasteiger partial charge in [0.1, 0.15) is 17.3 Å². The van der Waals surface area contributed by atoms with Gasteiger partial charge in [-0.05, 0) is 60.4 Å². The fourth-order valence-electron chi connectivity index (χ4n) is 4.38. The minimum Gasteiger partial charge on any atom is -0.457 e. The van der Waals surface area contributed by atoms with Gasteiger partial charge in [0.05, 0.1) is 18.7 Å². The zero-order chi connectivity index (χ0) is 28.0. The van der Waals surface area contributed by atoms with Gasteiger partial charge in [0, 0.05) is 31.4 Å². The summed E-state index contributed by atoms with van der Waals surface area (Å²) in [5.41, 5.74) is -0.596. The molecule has 1 aliphatic rings. The van der Waals surface area contributed by atoms with Crippen LogP contribution in [0.4, 0.5) is 23.2 Å². The molecule has 10 heteroatoms. The van der Waals surface area contributed by atoms with Crippen LogP contribution in [-0.2, 0) is 22.3 Å². The predicted octanol–water partition coefficient (Wildman–Crippen LogP) is 5.63. The van der Waals surface area contributed by atoms with Gasteiger partial charge in [-0.1, -0.05) is 31.2 Å². The predicted molar refractivity (Wildman–Crippen MR) is 139 cm³/mol. The Morgan fingerprint density at radius 2 is 1.74 bits per heavy atom. The summed E-state index contributed by atoms with van der Waals surface area (Å²) in [7, 11) is 0. The molecule has 4 rings (SSSR count). The minimum atomic E-state index is -4.71. The summed E-state index contributed by atoms with van der Waals surface area (Å²) >= 11 is 0. The average molecular weight is 544 g/mol. The van der Waals surface area contributed by atoms with E-state index in [-0.39, 0.29) is 31.1 Å². The van der Waals surface area contributed by atoms with Crippen LogP contribution in [0.15, 0.2) is 72.8 Å². The number of amides is 2. The third-order valence-electron chi connectivity index (χ3n) is 6.37. The van der Waals surface area contributed by atoms with Crippen LogP contribution in [0.1, 0.15) is 24.5 Å². The number of rotatable bonds is 9. The van der Waals surface area contributed by atoms with Gasteiger partial charge >= 0.3 is 6.18 Å². The van der Waals surface area contributed by atoms with Gasteiger partial charge in [-0.2, -0.15) is 13.2 Å². The van der Waals surface area contributed by atoms with Gasteiger partial charge in [-0.15, -0.1) is 0 Å². The Morgan fingerprint density at radius 1 is 1.00 bits per heavy atom. The maximum Gasteiger partial charge on any atom is 0.416 e. The topological polar surface area (TPSA) is 61.9 Å². The molecule has 0 bridgehead atoms. The fourth-order valence-corrected chi connectivity index (χ4v) is 4.38. The van der Waals surface area contributed by atoms with Crippen LogP contribution in [0.5, 0.6) is 11.5 Å². The van der Waals surface area contributed by atoms with Crippen molar-refractivity contribution in [3.63, 3.8) is 0 Å². The lowest BCUT2D eigenvalue weighted by Gasteiger charge is -2.27. The number of carbonyl (C=O) groups excluding carboxylic acids is 2. The number of hydrogen-bond donors (Lipinski definition) is 1. The van der Waals surface area contributed by atoms with E-state index in [1.165, 1.54) is 0 Å². The molecule has 3 aromatic rings. The van der Waals surface area contributed by atoms with Crippen molar-refractivity contribution in [1.82, 2.24) is 10.2 Å². The van der Waals surface area contributed by atoms with E-state index in [0.717, 1.165) is 18.6 Å². The molecule has 206 valence electrons. The number of carbonyl (C=O) groups is 2. The van der Waals surface area contributed by atoms with Gasteiger partial charge in [0.2, 0.25) is 11.8 Å². The SMILES string of the molecule is CC1CCN(C(=O)CN(CC(=O)NCc2cc(F)cc(C(F)(F)F)c2)c2cccc(Oc3ccccc3)c2)C1. The second kappa shape index (κ2) is 12.2. The van der Waals surface area contributed by atoms with Crippen molar-refractivity contribution in [2.75, 3.05) is 31.1 Å². The van der Waals surface area contributed by atoms with E-state index in [2.05, 4.69) is 12.2 Å². The van der Waals surface area contributed by atoms with Gasteiger partial charge in [0.15, 0.2) is 0 Å². The Bertz CT molecular complexity index is 1300. The van der Waals surface area contributed by atoms with Crippen molar-refractivity contribution in [2.45, 2.75) is 26.1 Å². The first-order chi connectivity index (χ1) is 18.6. The molecule has 1 heterocycles. The highest BCUT2D eigenvalue weighted by molar-refractivity contribution is 5.86. The number of nitrogens with zero attached hydrogens (tertiary/aromatic N) is 2. The molecule has 2 amide bonds. The Balaban J connectivity index is 1.49. The maximum atomic E-state index is 13.8. The Kier molecular flexibility index (Phi) is 8.73. The van der Waals surface area contributed by atoms with Crippen LogP contribution < -0.4 is 15.0 Å². The number of alkyl halides is 3. The Hall–Kier alpha value is -4.08. The highest BCUT2D eigenvalue weighted by Gasteiger charge is 2.31. The highest BCUT2D eigenvalue weighted by Crippen LogP contribution is 2.30. The zero-order valence-corrected chi connectivity index (χ0v) is 21.4. The molecule has 0 radical (unpaired) electrons. The molecule has 0 saturated carbocycles. The first-order valence-electron chi connectivity index (χ1n) is 12.6.